The van der Waals surface area contributed by atoms with E-state index in [0.29, 0.717) is 19.0 Å². The van der Waals surface area contributed by atoms with Gasteiger partial charge in [0.15, 0.2) is 0 Å². The molecule has 128 valence electrons. The van der Waals surface area contributed by atoms with Crippen LogP contribution in [0.5, 0.6) is 0 Å². The molecule has 0 aliphatic carbocycles. The normalized spacial score (nSPS) is 18.4. The van der Waals surface area contributed by atoms with Crippen LogP contribution < -0.4 is 11.1 Å². The minimum Gasteiger partial charge on any atom is -0.444 e. The average Bonchev–Trinajstić information content (AvgIpc) is 2.36. The number of amides is 2. The largest absolute Gasteiger partial charge is 0.444 e. The second-order valence-electron chi connectivity index (χ2n) is 7.44. The maximum absolute atomic E-state index is 12.0. The number of nitrogens with one attached hydrogen (secondary N) is 1. The van der Waals surface area contributed by atoms with Crippen LogP contribution in [-0.2, 0) is 9.53 Å². The van der Waals surface area contributed by atoms with Crippen molar-refractivity contribution in [3.05, 3.63) is 0 Å². The lowest BCUT2D eigenvalue weighted by molar-refractivity contribution is -0.121. The van der Waals surface area contributed by atoms with Gasteiger partial charge >= 0.3 is 6.09 Å². The maximum Gasteiger partial charge on any atom is 0.410 e. The quantitative estimate of drug-likeness (QED) is 0.809. The molecule has 0 bridgehead atoms. The summed E-state index contributed by atoms with van der Waals surface area (Å²) in [7, 11) is 0. The molecule has 6 nitrogen and oxygen atoms in total. The number of rotatable bonds is 5. The summed E-state index contributed by atoms with van der Waals surface area (Å²) in [4.78, 5) is 25.1. The molecule has 0 radical (unpaired) electrons. The van der Waals surface area contributed by atoms with Crippen LogP contribution in [0.1, 0.15) is 47.5 Å². The molecule has 0 aromatic carbocycles. The number of nitrogens with zero attached hydrogens (tertiary/aromatic N) is 1. The number of ether oxygens (including phenoxy) is 1. The molecule has 1 heterocycles. The van der Waals surface area contributed by atoms with E-state index in [-0.39, 0.29) is 24.0 Å². The van der Waals surface area contributed by atoms with Gasteiger partial charge in [-0.25, -0.2) is 4.79 Å². The second-order valence-corrected chi connectivity index (χ2v) is 7.44. The Hall–Kier alpha value is -1.30. The minimum atomic E-state index is -0.457. The van der Waals surface area contributed by atoms with Crippen LogP contribution in [0, 0.1) is 11.8 Å². The van der Waals surface area contributed by atoms with Crippen LogP contribution in [0.25, 0.3) is 0 Å². The molecular weight excluding hydrogens is 282 g/mol. The van der Waals surface area contributed by atoms with E-state index in [4.69, 9.17) is 10.5 Å². The van der Waals surface area contributed by atoms with E-state index in [9.17, 15) is 9.59 Å². The Balaban J connectivity index is 2.36. The molecule has 1 saturated heterocycles. The van der Waals surface area contributed by atoms with Gasteiger partial charge in [0.2, 0.25) is 5.91 Å². The molecule has 1 atom stereocenters. The van der Waals surface area contributed by atoms with Gasteiger partial charge in [-0.1, -0.05) is 13.8 Å². The van der Waals surface area contributed by atoms with Crippen LogP contribution in [0.2, 0.25) is 0 Å². The zero-order valence-corrected chi connectivity index (χ0v) is 14.5. The molecule has 2 amide bonds. The molecule has 0 aromatic rings. The summed E-state index contributed by atoms with van der Waals surface area (Å²) in [6.07, 6.45) is 1.59. The summed E-state index contributed by atoms with van der Waals surface area (Å²) in [5, 5.41) is 3.26. The van der Waals surface area contributed by atoms with Crippen molar-refractivity contribution >= 4 is 12.0 Å². The minimum absolute atomic E-state index is 0.180. The number of primary amides is 1. The number of hydrogen-bond donors (Lipinski definition) is 2. The highest BCUT2D eigenvalue weighted by Crippen LogP contribution is 2.19. The van der Waals surface area contributed by atoms with Gasteiger partial charge in [0.1, 0.15) is 5.60 Å². The predicted molar refractivity (Wildman–Crippen MR) is 86.4 cm³/mol. The highest BCUT2D eigenvalue weighted by atomic mass is 16.6. The maximum atomic E-state index is 12.0. The van der Waals surface area contributed by atoms with Gasteiger partial charge in [-0.2, -0.15) is 0 Å². The van der Waals surface area contributed by atoms with Crippen LogP contribution in [0.4, 0.5) is 4.79 Å². The van der Waals surface area contributed by atoms with Crippen molar-refractivity contribution in [2.45, 2.75) is 59.1 Å². The molecule has 1 unspecified atom stereocenters. The molecule has 6 heteroatoms. The van der Waals surface area contributed by atoms with Gasteiger partial charge in [-0.15, -0.1) is 0 Å². The highest BCUT2D eigenvalue weighted by Gasteiger charge is 2.27. The first kappa shape index (κ1) is 18.7. The van der Waals surface area contributed by atoms with Gasteiger partial charge in [0, 0.05) is 13.1 Å². The van der Waals surface area contributed by atoms with Crippen molar-refractivity contribution in [2.75, 3.05) is 19.6 Å². The first-order valence-corrected chi connectivity index (χ1v) is 8.10. The number of carbonyl (C=O) groups excluding carboxylic acids is 2. The lowest BCUT2D eigenvalue weighted by atomic mass is 9.95. The monoisotopic (exact) mass is 313 g/mol. The molecule has 0 saturated carbocycles. The summed E-state index contributed by atoms with van der Waals surface area (Å²) in [5.74, 6) is 0.333. The Morgan fingerprint density at radius 2 is 1.82 bits per heavy atom. The van der Waals surface area contributed by atoms with E-state index >= 15 is 0 Å². The SMILES string of the molecule is CC(C)C(NCC1CCN(C(=O)OC(C)(C)C)CC1)C(N)=O. The Labute approximate surface area is 133 Å². The van der Waals surface area contributed by atoms with Crippen molar-refractivity contribution in [1.82, 2.24) is 10.2 Å². The van der Waals surface area contributed by atoms with Gasteiger partial charge in [0.05, 0.1) is 6.04 Å². The van der Waals surface area contributed by atoms with Crippen LogP contribution in [0.15, 0.2) is 0 Å². The second kappa shape index (κ2) is 7.81. The van der Waals surface area contributed by atoms with Gasteiger partial charge in [-0.3, -0.25) is 4.79 Å². The molecule has 0 spiro atoms. The van der Waals surface area contributed by atoms with Crippen molar-refractivity contribution in [3.63, 3.8) is 0 Å². The van der Waals surface area contributed by atoms with E-state index in [2.05, 4.69) is 5.32 Å². The zero-order valence-electron chi connectivity index (χ0n) is 14.5. The number of hydrogen-bond acceptors (Lipinski definition) is 4. The fourth-order valence-electron chi connectivity index (χ4n) is 2.60. The third-order valence-electron chi connectivity index (χ3n) is 3.87. The van der Waals surface area contributed by atoms with Crippen LogP contribution >= 0.6 is 0 Å². The summed E-state index contributed by atoms with van der Waals surface area (Å²) in [6, 6.07) is -0.288. The van der Waals surface area contributed by atoms with E-state index in [1.54, 1.807) is 4.90 Å². The number of nitrogens with two attached hydrogens (primary N) is 1. The fourth-order valence-corrected chi connectivity index (χ4v) is 2.60. The van der Waals surface area contributed by atoms with E-state index in [1.165, 1.54) is 0 Å². The van der Waals surface area contributed by atoms with Crippen molar-refractivity contribution in [1.29, 1.82) is 0 Å². The lowest BCUT2D eigenvalue weighted by Gasteiger charge is -2.34. The van der Waals surface area contributed by atoms with E-state index in [1.807, 2.05) is 34.6 Å². The highest BCUT2D eigenvalue weighted by molar-refractivity contribution is 5.80. The predicted octanol–water partition coefficient (Wildman–Crippen LogP) is 1.73. The molecular formula is C16H31N3O3. The van der Waals surface area contributed by atoms with Gasteiger partial charge in [-0.05, 0) is 52.0 Å². The molecule has 1 rings (SSSR count). The van der Waals surface area contributed by atoms with Crippen LogP contribution in [0.3, 0.4) is 0 Å². The molecule has 1 fully saturated rings. The zero-order chi connectivity index (χ0) is 16.9. The van der Waals surface area contributed by atoms with E-state index < -0.39 is 5.60 Å². The van der Waals surface area contributed by atoms with Crippen molar-refractivity contribution in [2.24, 2.45) is 17.6 Å². The first-order valence-electron chi connectivity index (χ1n) is 8.10. The van der Waals surface area contributed by atoms with Crippen molar-refractivity contribution in [3.8, 4) is 0 Å². The molecule has 1 aliphatic heterocycles. The van der Waals surface area contributed by atoms with Crippen LogP contribution in [-0.4, -0.2) is 48.2 Å². The molecule has 22 heavy (non-hydrogen) atoms. The standard InChI is InChI=1S/C16H31N3O3/c1-11(2)13(14(17)20)18-10-12-6-8-19(9-7-12)15(21)22-16(3,4)5/h11-13,18H,6-10H2,1-5H3,(H2,17,20). The Morgan fingerprint density at radius 3 is 2.23 bits per heavy atom. The Morgan fingerprint density at radius 1 is 1.27 bits per heavy atom. The fraction of sp³-hybridized carbons (Fsp3) is 0.875. The molecule has 1 aliphatic rings. The first-order chi connectivity index (χ1) is 10.1. The average molecular weight is 313 g/mol. The van der Waals surface area contributed by atoms with E-state index in [0.717, 1.165) is 19.4 Å². The number of piperidine rings is 1. The molecule has 0 aromatic heterocycles. The topological polar surface area (TPSA) is 84.7 Å². The van der Waals surface area contributed by atoms with Crippen molar-refractivity contribution < 1.29 is 14.3 Å². The number of likely N-dealkylation sites (tertiary alicyclic amines) is 1. The summed E-state index contributed by atoms with van der Waals surface area (Å²) in [5.41, 5.74) is 4.95. The molecule has 3 N–H and O–H groups in total. The van der Waals surface area contributed by atoms with Gasteiger partial charge in [0.25, 0.3) is 0 Å². The summed E-state index contributed by atoms with van der Waals surface area (Å²) < 4.78 is 5.38. The third-order valence-corrected chi connectivity index (χ3v) is 3.87. The summed E-state index contributed by atoms with van der Waals surface area (Å²) in [6.45, 7) is 11.7. The lowest BCUT2D eigenvalue weighted by Crippen LogP contribution is -2.48. The number of carbonyl (C=O) groups is 2. The summed E-state index contributed by atoms with van der Waals surface area (Å²) >= 11 is 0. The Kier molecular flexibility index (Phi) is 6.66. The Bertz CT molecular complexity index is 383. The van der Waals surface area contributed by atoms with Gasteiger partial charge < -0.3 is 20.7 Å². The smallest absolute Gasteiger partial charge is 0.410 e. The third kappa shape index (κ3) is 6.22.